The number of nitriles is 1. The third-order valence-electron chi connectivity index (χ3n) is 8.00. The van der Waals surface area contributed by atoms with E-state index in [-0.39, 0.29) is 43.2 Å². The Morgan fingerprint density at radius 3 is 2.82 bits per heavy atom. The van der Waals surface area contributed by atoms with Crippen molar-refractivity contribution in [2.75, 3.05) is 25.1 Å². The fourth-order valence-corrected chi connectivity index (χ4v) is 9.18. The van der Waals surface area contributed by atoms with E-state index < -0.39 is 80.2 Å². The molecule has 5 heterocycles. The molecule has 1 amide bonds. The molecule has 2 bridgehead atoms. The van der Waals surface area contributed by atoms with Gasteiger partial charge in [0.25, 0.3) is 5.56 Å². The molecule has 2 aliphatic heterocycles. The van der Waals surface area contributed by atoms with E-state index in [1.165, 1.54) is 23.4 Å². The highest BCUT2D eigenvalue weighted by Crippen LogP contribution is 2.57. The highest BCUT2D eigenvalue weighted by molar-refractivity contribution is 8.07. The molecule has 50 heavy (non-hydrogen) atoms. The number of carbonyl (C=O) groups excluding carboxylic acids is 1. The monoisotopic (exact) mass is 774 g/mol. The maximum Gasteiger partial charge on any atom is 0.327 e. The van der Waals surface area contributed by atoms with E-state index >= 15 is 4.39 Å². The molecular weight excluding hydrogens is 741 g/mol. The SMILES string of the molecule is CC(C)C(=O)Nc1nc2c(ncn2[C@@H]2O[C@@H]3COP(O)(=S)O[C@H]4C[C@H](Oc5ccncn5)C[C@@H]4CO[P@@](=S)(OCCC#N)O[C@@H]2[C@@H]3F)c(=O)[nH]1. The Kier molecular flexibility index (Phi) is 11.4. The van der Waals surface area contributed by atoms with Crippen molar-refractivity contribution in [1.82, 2.24) is 29.5 Å². The van der Waals surface area contributed by atoms with Gasteiger partial charge in [-0.15, -0.1) is 0 Å². The number of aromatic amines is 1. The number of fused-ring (bicyclic) bond motifs is 4. The van der Waals surface area contributed by atoms with Gasteiger partial charge in [0.15, 0.2) is 23.6 Å². The Labute approximate surface area is 294 Å². The van der Waals surface area contributed by atoms with Crippen LogP contribution in [0.4, 0.5) is 10.3 Å². The number of aromatic nitrogens is 6. The average molecular weight is 775 g/mol. The summed E-state index contributed by atoms with van der Waals surface area (Å²) in [4.78, 5) is 55.2. The first-order valence-electron chi connectivity index (χ1n) is 15.4. The molecule has 9 atom stereocenters. The third-order valence-corrected chi connectivity index (χ3v) is 11.9. The maximum absolute atomic E-state index is 16.4. The van der Waals surface area contributed by atoms with Gasteiger partial charge in [-0.25, -0.2) is 19.3 Å². The summed E-state index contributed by atoms with van der Waals surface area (Å²) < 4.78 is 59.4. The molecule has 3 aromatic rings. The van der Waals surface area contributed by atoms with Crippen LogP contribution in [0.25, 0.3) is 11.2 Å². The topological polar surface area (TPSA) is 227 Å². The quantitative estimate of drug-likeness (QED) is 0.221. The number of rotatable bonds is 8. The lowest BCUT2D eigenvalue weighted by molar-refractivity contribution is -0.118. The number of hydrogen-bond acceptors (Lipinski definition) is 16. The van der Waals surface area contributed by atoms with Gasteiger partial charge in [0.1, 0.15) is 24.6 Å². The Morgan fingerprint density at radius 1 is 1.26 bits per heavy atom. The fourth-order valence-electron chi connectivity index (χ4n) is 5.56. The van der Waals surface area contributed by atoms with Crippen molar-refractivity contribution in [3.63, 3.8) is 0 Å². The summed E-state index contributed by atoms with van der Waals surface area (Å²) in [6, 6.07) is 3.55. The second-order valence-corrected chi connectivity index (χ2v) is 17.6. The summed E-state index contributed by atoms with van der Waals surface area (Å²) in [6.07, 6.45) is -2.84. The number of anilines is 1. The maximum atomic E-state index is 16.4. The zero-order valence-corrected chi connectivity index (χ0v) is 30.0. The van der Waals surface area contributed by atoms with Gasteiger partial charge in [0.05, 0.1) is 44.7 Å². The number of H-pyrrole nitrogens is 1. The van der Waals surface area contributed by atoms with E-state index in [9.17, 15) is 14.5 Å². The van der Waals surface area contributed by atoms with Crippen LogP contribution >= 0.6 is 13.4 Å². The molecule has 1 unspecified atom stereocenters. The van der Waals surface area contributed by atoms with Gasteiger partial charge in [-0.1, -0.05) is 13.8 Å². The number of ether oxygens (including phenoxy) is 2. The molecule has 18 nitrogen and oxygen atoms in total. The minimum atomic E-state index is -3.99. The van der Waals surface area contributed by atoms with Crippen molar-refractivity contribution in [1.29, 1.82) is 5.26 Å². The van der Waals surface area contributed by atoms with Gasteiger partial charge in [-0.05, 0) is 30.0 Å². The molecule has 3 fully saturated rings. The molecule has 6 rings (SSSR count). The summed E-state index contributed by atoms with van der Waals surface area (Å²) in [6.45, 7) is -5.41. The van der Waals surface area contributed by atoms with Crippen molar-refractivity contribution >= 4 is 60.1 Å². The zero-order chi connectivity index (χ0) is 35.6. The van der Waals surface area contributed by atoms with Crippen LogP contribution in [0.2, 0.25) is 0 Å². The second kappa shape index (κ2) is 15.4. The van der Waals surface area contributed by atoms with Crippen molar-refractivity contribution in [3.05, 3.63) is 35.3 Å². The summed E-state index contributed by atoms with van der Waals surface area (Å²) in [5, 5.41) is 11.7. The number of nitrogens with one attached hydrogen (secondary N) is 2. The Morgan fingerprint density at radius 2 is 2.08 bits per heavy atom. The molecule has 3 aliphatic rings. The van der Waals surface area contributed by atoms with Crippen LogP contribution in [0.5, 0.6) is 5.88 Å². The molecule has 3 N–H and O–H groups in total. The van der Waals surface area contributed by atoms with E-state index in [0.717, 1.165) is 0 Å². The molecule has 0 aromatic carbocycles. The van der Waals surface area contributed by atoms with Crippen molar-refractivity contribution < 1.29 is 46.2 Å². The first kappa shape index (κ1) is 36.9. The first-order chi connectivity index (χ1) is 23.8. The number of imidazole rings is 1. The molecule has 1 aliphatic carbocycles. The Balaban J connectivity index is 1.32. The van der Waals surface area contributed by atoms with E-state index in [4.69, 9.17) is 61.0 Å². The van der Waals surface area contributed by atoms with Gasteiger partial charge in [0.2, 0.25) is 17.7 Å². The summed E-state index contributed by atoms with van der Waals surface area (Å²) >= 11 is 11.1. The lowest BCUT2D eigenvalue weighted by Crippen LogP contribution is -2.32. The van der Waals surface area contributed by atoms with E-state index in [0.29, 0.717) is 12.3 Å². The number of hydrogen-bond donors (Lipinski definition) is 3. The van der Waals surface area contributed by atoms with Crippen molar-refractivity contribution in [2.24, 2.45) is 11.8 Å². The number of nitrogens with zero attached hydrogens (tertiary/aromatic N) is 6. The fraction of sp³-hybridized carbons (Fsp3) is 0.593. The minimum Gasteiger partial charge on any atom is -0.474 e. The van der Waals surface area contributed by atoms with Crippen LogP contribution < -0.4 is 15.6 Å². The van der Waals surface area contributed by atoms with Gasteiger partial charge >= 0.3 is 13.4 Å². The molecular formula is C27H33FN8O10P2S2. The van der Waals surface area contributed by atoms with Gasteiger partial charge in [-0.3, -0.25) is 29.0 Å². The number of carbonyl (C=O) groups is 1. The number of halogens is 1. The summed E-state index contributed by atoms with van der Waals surface area (Å²) in [5.74, 6) is -1.14. The molecule has 3 aromatic heterocycles. The number of amides is 1. The molecule has 0 radical (unpaired) electrons. The predicted molar refractivity (Wildman–Crippen MR) is 178 cm³/mol. The zero-order valence-electron chi connectivity index (χ0n) is 26.6. The van der Waals surface area contributed by atoms with Crippen LogP contribution in [0.3, 0.4) is 0 Å². The van der Waals surface area contributed by atoms with Crippen molar-refractivity contribution in [3.8, 4) is 11.9 Å². The molecule has 270 valence electrons. The van der Waals surface area contributed by atoms with Crippen LogP contribution in [0.1, 0.15) is 39.3 Å². The Hall–Kier alpha value is -2.86. The highest BCUT2D eigenvalue weighted by atomic mass is 32.5. The summed E-state index contributed by atoms with van der Waals surface area (Å²) in [5.41, 5.74) is -0.882. The largest absolute Gasteiger partial charge is 0.474 e. The van der Waals surface area contributed by atoms with Crippen LogP contribution in [-0.4, -0.2) is 90.7 Å². The number of alkyl halides is 1. The average Bonchev–Trinajstić information content (AvgIpc) is 3.74. The standard InChI is InChI=1S/C27H33FN8O10P2S2/c1-14(2)24(37)34-27-33-23-21(25(38)35-27)32-13-36(23)26-22-20(28)18(44-26)11-41-47(39,49)45-17-9-16(43-19-4-6-30-12-31-19)8-15(17)10-42-48(50,46-22)40-7-3-5-29/h4,6,12-18,20,22,26H,3,7-11H2,1-2H3,(H,39,49)(H2,33,34,35,37,38)/t15-,16-,17+,18-,20-,22-,26-,47?,48+/m1/s1. The second-order valence-electron chi connectivity index (χ2n) is 11.9. The molecule has 0 spiro atoms. The smallest absolute Gasteiger partial charge is 0.327 e. The van der Waals surface area contributed by atoms with Gasteiger partial charge in [0, 0.05) is 30.5 Å². The van der Waals surface area contributed by atoms with Crippen molar-refractivity contribution in [2.45, 2.75) is 69.9 Å². The van der Waals surface area contributed by atoms with Crippen LogP contribution in [0, 0.1) is 23.2 Å². The van der Waals surface area contributed by atoms with E-state index in [2.05, 4.69) is 30.2 Å². The molecule has 1 saturated carbocycles. The predicted octanol–water partition coefficient (Wildman–Crippen LogP) is 2.79. The van der Waals surface area contributed by atoms with Gasteiger partial charge in [-0.2, -0.15) is 10.2 Å². The minimum absolute atomic E-state index is 0.0631. The van der Waals surface area contributed by atoms with Crippen LogP contribution in [-0.2, 0) is 55.8 Å². The molecule has 23 heteroatoms. The summed E-state index contributed by atoms with van der Waals surface area (Å²) in [7, 11) is 0. The van der Waals surface area contributed by atoms with Gasteiger partial charge < -0.3 is 32.5 Å². The highest BCUT2D eigenvalue weighted by Gasteiger charge is 2.52. The normalized spacial score (nSPS) is 33.2. The first-order valence-corrected chi connectivity index (χ1v) is 20.6. The third kappa shape index (κ3) is 8.43. The lowest BCUT2D eigenvalue weighted by atomic mass is 10.1. The van der Waals surface area contributed by atoms with E-state index in [1.54, 1.807) is 19.9 Å². The Bertz CT molecular complexity index is 1900. The lowest BCUT2D eigenvalue weighted by Gasteiger charge is -2.30. The van der Waals surface area contributed by atoms with Crippen LogP contribution in [0.15, 0.2) is 29.7 Å². The van der Waals surface area contributed by atoms with E-state index in [1.807, 2.05) is 6.07 Å². The molecule has 2 saturated heterocycles.